The molecule has 104 valence electrons. The number of hydrogen-bond donors (Lipinski definition) is 0. The maximum atomic E-state index is 12.7. The van der Waals surface area contributed by atoms with Crippen LogP contribution in [0.1, 0.15) is 37.0 Å². The van der Waals surface area contributed by atoms with Crippen molar-refractivity contribution in [3.05, 3.63) is 29.8 Å². The summed E-state index contributed by atoms with van der Waals surface area (Å²) in [5.74, 6) is 1.70. The number of carbonyl (C=O) groups excluding carboxylic acids is 1. The van der Waals surface area contributed by atoms with Crippen molar-refractivity contribution in [1.29, 1.82) is 0 Å². The second kappa shape index (κ2) is 3.84. The molecule has 2 heterocycles. The second-order valence-electron chi connectivity index (χ2n) is 6.69. The summed E-state index contributed by atoms with van der Waals surface area (Å²) < 4.78 is 0. The second-order valence-corrected chi connectivity index (χ2v) is 6.69. The molecule has 1 saturated carbocycles. The number of nitrogens with zero attached hydrogens (tertiary/aromatic N) is 3. The van der Waals surface area contributed by atoms with E-state index in [4.69, 9.17) is 4.99 Å². The molecule has 0 spiro atoms. The first-order chi connectivity index (χ1) is 9.55. The predicted octanol–water partition coefficient (Wildman–Crippen LogP) is 2.51. The van der Waals surface area contributed by atoms with Crippen LogP contribution in [0.5, 0.6) is 0 Å². The largest absolute Gasteiger partial charge is 0.311 e. The van der Waals surface area contributed by atoms with Gasteiger partial charge in [0, 0.05) is 6.54 Å². The Labute approximate surface area is 119 Å². The van der Waals surface area contributed by atoms with E-state index in [9.17, 15) is 4.79 Å². The van der Waals surface area contributed by atoms with Crippen LogP contribution in [0.25, 0.3) is 0 Å². The zero-order chi connectivity index (χ0) is 13.9. The first-order valence-electron chi connectivity index (χ1n) is 7.33. The first-order valence-corrected chi connectivity index (χ1v) is 7.33. The number of carbonyl (C=O) groups is 1. The molecule has 0 bridgehead atoms. The average Bonchev–Trinajstić information content (AvgIpc) is 3.17. The minimum Gasteiger partial charge on any atom is -0.311 e. The minimum atomic E-state index is -0.186. The number of amides is 1. The highest BCUT2D eigenvalue weighted by Crippen LogP contribution is 2.38. The average molecular weight is 269 g/mol. The number of fused-ring (bicyclic) bond motifs is 2. The van der Waals surface area contributed by atoms with E-state index in [2.05, 4.69) is 18.7 Å². The van der Waals surface area contributed by atoms with E-state index >= 15 is 0 Å². The maximum Gasteiger partial charge on any atom is 0.262 e. The quantitative estimate of drug-likeness (QED) is 0.827. The molecule has 0 unspecified atom stereocenters. The van der Waals surface area contributed by atoms with Gasteiger partial charge in [-0.3, -0.25) is 9.69 Å². The van der Waals surface area contributed by atoms with Gasteiger partial charge in [0.05, 0.1) is 23.3 Å². The summed E-state index contributed by atoms with van der Waals surface area (Å²) >= 11 is 0. The molecule has 0 radical (unpaired) electrons. The molecule has 3 aliphatic rings. The molecule has 1 aliphatic carbocycles. The number of aliphatic imine (C=N–C) groups is 1. The number of benzene rings is 1. The van der Waals surface area contributed by atoms with Crippen LogP contribution in [-0.2, 0) is 0 Å². The van der Waals surface area contributed by atoms with E-state index in [0.29, 0.717) is 6.54 Å². The number of anilines is 1. The highest BCUT2D eigenvalue weighted by molar-refractivity contribution is 6.19. The molecule has 1 aromatic rings. The van der Waals surface area contributed by atoms with E-state index in [1.807, 2.05) is 29.2 Å². The van der Waals surface area contributed by atoms with E-state index < -0.39 is 0 Å². The molecule has 1 aromatic carbocycles. The van der Waals surface area contributed by atoms with Crippen LogP contribution in [0.4, 0.5) is 5.69 Å². The summed E-state index contributed by atoms with van der Waals surface area (Å²) in [5, 5.41) is 0. The van der Waals surface area contributed by atoms with Crippen molar-refractivity contribution in [2.75, 3.05) is 18.0 Å². The molecule has 0 atom stereocenters. The molecular weight excluding hydrogens is 250 g/mol. The smallest absolute Gasteiger partial charge is 0.262 e. The SMILES string of the molecule is CC1(C)CN2C(=O)c3ccccc3N(CC3CC3)C2=N1. The van der Waals surface area contributed by atoms with Crippen molar-refractivity contribution >= 4 is 17.6 Å². The Bertz CT molecular complexity index is 616. The molecule has 0 N–H and O–H groups in total. The summed E-state index contributed by atoms with van der Waals surface area (Å²) in [6.07, 6.45) is 2.59. The monoisotopic (exact) mass is 269 g/mol. The van der Waals surface area contributed by atoms with Crippen molar-refractivity contribution < 1.29 is 4.79 Å². The molecular formula is C16H19N3O. The van der Waals surface area contributed by atoms with Crippen molar-refractivity contribution in [1.82, 2.24) is 4.90 Å². The Kier molecular flexibility index (Phi) is 2.29. The van der Waals surface area contributed by atoms with Crippen LogP contribution in [0, 0.1) is 5.92 Å². The first kappa shape index (κ1) is 11.9. The van der Waals surface area contributed by atoms with Gasteiger partial charge in [0.15, 0.2) is 0 Å². The molecule has 2 aliphatic heterocycles. The van der Waals surface area contributed by atoms with Crippen molar-refractivity contribution in [2.24, 2.45) is 10.9 Å². The third-order valence-electron chi connectivity index (χ3n) is 4.24. The van der Waals surface area contributed by atoms with Gasteiger partial charge in [0.2, 0.25) is 5.96 Å². The Balaban J connectivity index is 1.83. The highest BCUT2D eigenvalue weighted by Gasteiger charge is 2.44. The lowest BCUT2D eigenvalue weighted by molar-refractivity contribution is 0.0838. The van der Waals surface area contributed by atoms with E-state index in [1.165, 1.54) is 12.8 Å². The van der Waals surface area contributed by atoms with Gasteiger partial charge in [-0.15, -0.1) is 0 Å². The molecule has 4 heteroatoms. The maximum absolute atomic E-state index is 12.7. The van der Waals surface area contributed by atoms with Gasteiger partial charge in [-0.25, -0.2) is 4.99 Å². The molecule has 1 fully saturated rings. The Morgan fingerprint density at radius 3 is 2.80 bits per heavy atom. The number of rotatable bonds is 2. The summed E-state index contributed by atoms with van der Waals surface area (Å²) in [4.78, 5) is 21.6. The lowest BCUT2D eigenvalue weighted by Gasteiger charge is -2.36. The van der Waals surface area contributed by atoms with Gasteiger partial charge >= 0.3 is 0 Å². The summed E-state index contributed by atoms with van der Waals surface area (Å²) in [5.41, 5.74) is 1.65. The predicted molar refractivity (Wildman–Crippen MR) is 79.1 cm³/mol. The Morgan fingerprint density at radius 1 is 1.30 bits per heavy atom. The van der Waals surface area contributed by atoms with Gasteiger partial charge in [-0.2, -0.15) is 0 Å². The fourth-order valence-corrected chi connectivity index (χ4v) is 3.07. The van der Waals surface area contributed by atoms with Gasteiger partial charge in [-0.1, -0.05) is 12.1 Å². The van der Waals surface area contributed by atoms with Crippen LogP contribution in [0.2, 0.25) is 0 Å². The zero-order valence-corrected chi connectivity index (χ0v) is 12.0. The van der Waals surface area contributed by atoms with Gasteiger partial charge in [-0.05, 0) is 44.7 Å². The number of guanidine groups is 1. The molecule has 4 rings (SSSR count). The van der Waals surface area contributed by atoms with Crippen LogP contribution in [-0.4, -0.2) is 35.4 Å². The van der Waals surface area contributed by atoms with E-state index in [1.54, 1.807) is 0 Å². The number of hydrogen-bond acceptors (Lipinski definition) is 3. The Hall–Kier alpha value is -1.84. The molecule has 1 amide bonds. The standard InChI is InChI=1S/C16H19N3O/c1-16(2)10-19-14(20)12-5-3-4-6-13(12)18(15(19)17-16)9-11-7-8-11/h3-6,11H,7-10H2,1-2H3. The van der Waals surface area contributed by atoms with Crippen molar-refractivity contribution in [2.45, 2.75) is 32.2 Å². The number of para-hydroxylation sites is 1. The fourth-order valence-electron chi connectivity index (χ4n) is 3.07. The third-order valence-corrected chi connectivity index (χ3v) is 4.24. The van der Waals surface area contributed by atoms with Gasteiger partial charge in [0.25, 0.3) is 5.91 Å². The van der Waals surface area contributed by atoms with Crippen LogP contribution < -0.4 is 4.90 Å². The highest BCUT2D eigenvalue weighted by atomic mass is 16.2. The van der Waals surface area contributed by atoms with Gasteiger partial charge < -0.3 is 4.90 Å². The lowest BCUT2D eigenvalue weighted by Crippen LogP contribution is -2.51. The fraction of sp³-hybridized carbons (Fsp3) is 0.500. The molecule has 0 aromatic heterocycles. The summed E-state index contributed by atoms with van der Waals surface area (Å²) in [6, 6.07) is 7.91. The topological polar surface area (TPSA) is 35.9 Å². The van der Waals surface area contributed by atoms with Crippen molar-refractivity contribution in [3.63, 3.8) is 0 Å². The lowest BCUT2D eigenvalue weighted by atomic mass is 10.1. The van der Waals surface area contributed by atoms with Crippen LogP contribution >= 0.6 is 0 Å². The molecule has 0 saturated heterocycles. The van der Waals surface area contributed by atoms with Crippen molar-refractivity contribution in [3.8, 4) is 0 Å². The van der Waals surface area contributed by atoms with E-state index in [0.717, 1.165) is 29.7 Å². The summed E-state index contributed by atoms with van der Waals surface area (Å²) in [7, 11) is 0. The van der Waals surface area contributed by atoms with E-state index in [-0.39, 0.29) is 11.4 Å². The normalized spacial score (nSPS) is 23.5. The molecule has 4 nitrogen and oxygen atoms in total. The van der Waals surface area contributed by atoms with Gasteiger partial charge in [0.1, 0.15) is 0 Å². The van der Waals surface area contributed by atoms with Crippen LogP contribution in [0.3, 0.4) is 0 Å². The third kappa shape index (κ3) is 1.74. The minimum absolute atomic E-state index is 0.0944. The Morgan fingerprint density at radius 2 is 2.05 bits per heavy atom. The zero-order valence-electron chi connectivity index (χ0n) is 12.0. The summed E-state index contributed by atoms with van der Waals surface area (Å²) in [6.45, 7) is 5.84. The van der Waals surface area contributed by atoms with Crippen LogP contribution in [0.15, 0.2) is 29.3 Å². The molecule has 20 heavy (non-hydrogen) atoms.